The second-order valence-corrected chi connectivity index (χ2v) is 9.74. The van der Waals surface area contributed by atoms with Gasteiger partial charge in [-0.15, -0.1) is 0 Å². The Morgan fingerprint density at radius 3 is 2.29 bits per heavy atom. The van der Waals surface area contributed by atoms with Crippen LogP contribution in [0.5, 0.6) is 0 Å². The molecule has 1 aliphatic rings. The Hall–Kier alpha value is -3.64. The predicted molar refractivity (Wildman–Crippen MR) is 147 cm³/mol. The van der Waals surface area contributed by atoms with Crippen molar-refractivity contribution in [2.24, 2.45) is 4.99 Å². The Kier molecular flexibility index (Phi) is 7.51. The van der Waals surface area contributed by atoms with Crippen LogP contribution in [0.2, 0.25) is 0 Å². The number of carbonyl (C=O) groups excluding carboxylic acids is 2. The van der Waals surface area contributed by atoms with E-state index in [0.717, 1.165) is 22.5 Å². The van der Waals surface area contributed by atoms with Gasteiger partial charge in [-0.3, -0.25) is 14.5 Å². The molecule has 35 heavy (non-hydrogen) atoms. The number of hydrogen-bond acceptors (Lipinski definition) is 4. The van der Waals surface area contributed by atoms with E-state index >= 15 is 0 Å². The fraction of sp³-hybridized carbons (Fsp3) is 0.207. The Bertz CT molecular complexity index is 1260. The normalized spacial score (nSPS) is 14.5. The molecule has 0 unspecified atom stereocenters. The summed E-state index contributed by atoms with van der Waals surface area (Å²) in [6, 6.07) is 25.4. The predicted octanol–water partition coefficient (Wildman–Crippen LogP) is 6.26. The maximum Gasteiger partial charge on any atom is 0.283 e. The molecule has 5 nitrogen and oxygen atoms in total. The smallest absolute Gasteiger partial charge is 0.283 e. The van der Waals surface area contributed by atoms with E-state index < -0.39 is 0 Å². The van der Waals surface area contributed by atoms with Gasteiger partial charge in [0.05, 0.1) is 11.4 Å². The number of amides is 2. The number of aryl methyl sites for hydroxylation is 1. The van der Waals surface area contributed by atoms with Crippen molar-refractivity contribution in [2.75, 3.05) is 22.6 Å². The summed E-state index contributed by atoms with van der Waals surface area (Å²) < 4.78 is 0. The lowest BCUT2D eigenvalue weighted by Crippen LogP contribution is -2.33. The van der Waals surface area contributed by atoms with Crippen LogP contribution in [0.3, 0.4) is 0 Å². The van der Waals surface area contributed by atoms with E-state index in [9.17, 15) is 9.59 Å². The monoisotopic (exact) mass is 483 g/mol. The minimum Gasteiger partial charge on any atom is -0.315 e. The molecule has 0 N–H and O–H groups in total. The van der Waals surface area contributed by atoms with Crippen molar-refractivity contribution < 1.29 is 9.59 Å². The van der Waals surface area contributed by atoms with Gasteiger partial charge < -0.3 is 4.90 Å². The van der Waals surface area contributed by atoms with Gasteiger partial charge in [0.15, 0.2) is 5.17 Å². The highest BCUT2D eigenvalue weighted by Crippen LogP contribution is 2.30. The second-order valence-electron chi connectivity index (χ2n) is 8.80. The number of nitrogens with zero attached hydrogens (tertiary/aromatic N) is 3. The lowest BCUT2D eigenvalue weighted by atomic mass is 10.0. The molecule has 0 radical (unpaired) electrons. The van der Waals surface area contributed by atoms with Gasteiger partial charge in [-0.1, -0.05) is 85.8 Å². The lowest BCUT2D eigenvalue weighted by molar-refractivity contribution is -0.116. The second kappa shape index (κ2) is 10.7. The van der Waals surface area contributed by atoms with Gasteiger partial charge in [-0.2, -0.15) is 0 Å². The highest BCUT2D eigenvalue weighted by molar-refractivity contribution is 8.14. The number of thioether (sulfide) groups is 1. The number of aliphatic imine (C=N–C) groups is 1. The zero-order valence-electron chi connectivity index (χ0n) is 20.4. The summed E-state index contributed by atoms with van der Waals surface area (Å²) in [4.78, 5) is 34.1. The number of hydrogen-bond donors (Lipinski definition) is 0. The van der Waals surface area contributed by atoms with Crippen molar-refractivity contribution in [3.05, 3.63) is 101 Å². The fourth-order valence-corrected chi connectivity index (χ4v) is 4.59. The molecule has 178 valence electrons. The van der Waals surface area contributed by atoms with Crippen LogP contribution in [0.15, 0.2) is 89.6 Å². The van der Waals surface area contributed by atoms with Crippen molar-refractivity contribution in [3.8, 4) is 0 Å². The highest BCUT2D eigenvalue weighted by Gasteiger charge is 2.32. The zero-order chi connectivity index (χ0) is 24.9. The molecule has 0 spiro atoms. The first kappa shape index (κ1) is 24.5. The van der Waals surface area contributed by atoms with Crippen LogP contribution in [0.1, 0.15) is 36.5 Å². The molecule has 0 aliphatic carbocycles. The third-order valence-corrected chi connectivity index (χ3v) is 6.79. The Labute approximate surface area is 211 Å². The molecule has 2 amide bonds. The average molecular weight is 484 g/mol. The largest absolute Gasteiger partial charge is 0.315 e. The first-order valence-electron chi connectivity index (χ1n) is 11.6. The quantitative estimate of drug-likeness (QED) is 0.389. The number of benzene rings is 3. The molecule has 3 aromatic carbocycles. The Morgan fingerprint density at radius 2 is 1.66 bits per heavy atom. The summed E-state index contributed by atoms with van der Waals surface area (Å²) in [5.41, 5.74) is 5.17. The molecule has 0 fully saturated rings. The van der Waals surface area contributed by atoms with Crippen molar-refractivity contribution in [1.29, 1.82) is 0 Å². The molecule has 0 aromatic heterocycles. The zero-order valence-corrected chi connectivity index (χ0v) is 21.3. The number of anilines is 2. The minimum atomic E-state index is -0.201. The number of para-hydroxylation sites is 1. The van der Waals surface area contributed by atoms with Crippen molar-refractivity contribution >= 4 is 46.2 Å². The molecule has 0 atom stereocenters. The van der Waals surface area contributed by atoms with E-state index in [1.165, 1.54) is 17.3 Å². The van der Waals surface area contributed by atoms with E-state index in [1.54, 1.807) is 22.9 Å². The van der Waals surface area contributed by atoms with Gasteiger partial charge in [-0.05, 0) is 54.3 Å². The van der Waals surface area contributed by atoms with Crippen LogP contribution in [-0.2, 0) is 9.59 Å². The molecule has 1 aliphatic heterocycles. The number of carbonyl (C=O) groups is 2. The van der Waals surface area contributed by atoms with Crippen LogP contribution in [0.25, 0.3) is 6.08 Å². The van der Waals surface area contributed by atoms with Crippen LogP contribution >= 0.6 is 11.8 Å². The van der Waals surface area contributed by atoms with E-state index in [0.29, 0.717) is 16.8 Å². The molecule has 6 heteroatoms. The van der Waals surface area contributed by atoms with Gasteiger partial charge in [0.2, 0.25) is 5.91 Å². The molecule has 0 saturated carbocycles. The maximum atomic E-state index is 13.4. The van der Waals surface area contributed by atoms with E-state index in [2.05, 4.69) is 31.0 Å². The standard InChI is InChI=1S/C29H29N3O2S/c1-20(2)23-14-12-22(13-15-23)18-26-28(34)32(25-16-10-21(3)11-17-25)29(30-26)35-19-27(33)31(4)24-8-6-5-7-9-24/h5-18,20H,19H2,1-4H3. The Balaban J connectivity index is 1.59. The molecule has 3 aromatic rings. The van der Waals surface area contributed by atoms with Crippen LogP contribution < -0.4 is 9.80 Å². The summed E-state index contributed by atoms with van der Waals surface area (Å²) in [5.74, 6) is 0.334. The molecular formula is C29H29N3O2S. The fourth-order valence-electron chi connectivity index (χ4n) is 3.67. The summed E-state index contributed by atoms with van der Waals surface area (Å²) >= 11 is 1.27. The number of amidine groups is 1. The first-order chi connectivity index (χ1) is 16.8. The summed E-state index contributed by atoms with van der Waals surface area (Å²) in [5, 5.41) is 0.499. The lowest BCUT2D eigenvalue weighted by Gasteiger charge is -2.20. The van der Waals surface area contributed by atoms with Crippen LogP contribution in [0, 0.1) is 6.92 Å². The van der Waals surface area contributed by atoms with Crippen molar-refractivity contribution in [2.45, 2.75) is 26.7 Å². The van der Waals surface area contributed by atoms with Gasteiger partial charge in [0, 0.05) is 12.7 Å². The summed E-state index contributed by atoms with van der Waals surface area (Å²) in [6.45, 7) is 6.30. The first-order valence-corrected chi connectivity index (χ1v) is 12.6. The number of rotatable bonds is 6. The van der Waals surface area contributed by atoms with E-state index in [1.807, 2.05) is 73.7 Å². The SMILES string of the molecule is Cc1ccc(N2C(=O)C(=Cc3ccc(C(C)C)cc3)N=C2SCC(=O)N(C)c2ccccc2)cc1. The topological polar surface area (TPSA) is 53.0 Å². The van der Waals surface area contributed by atoms with Crippen molar-refractivity contribution in [1.82, 2.24) is 0 Å². The maximum absolute atomic E-state index is 13.4. The van der Waals surface area contributed by atoms with Crippen LogP contribution in [-0.4, -0.2) is 29.8 Å². The average Bonchev–Trinajstić information content (AvgIpc) is 3.18. The minimum absolute atomic E-state index is 0.0677. The Morgan fingerprint density at radius 1 is 1.00 bits per heavy atom. The van der Waals surface area contributed by atoms with Gasteiger partial charge in [0.1, 0.15) is 5.70 Å². The molecule has 0 bridgehead atoms. The van der Waals surface area contributed by atoms with E-state index in [4.69, 9.17) is 0 Å². The molecule has 1 heterocycles. The summed E-state index contributed by atoms with van der Waals surface area (Å²) in [7, 11) is 1.75. The van der Waals surface area contributed by atoms with Gasteiger partial charge >= 0.3 is 0 Å². The van der Waals surface area contributed by atoms with E-state index in [-0.39, 0.29) is 17.6 Å². The molecular weight excluding hydrogens is 454 g/mol. The highest BCUT2D eigenvalue weighted by atomic mass is 32.2. The third-order valence-electron chi connectivity index (χ3n) is 5.87. The van der Waals surface area contributed by atoms with Gasteiger partial charge in [-0.25, -0.2) is 4.99 Å². The summed E-state index contributed by atoms with van der Waals surface area (Å²) in [6.07, 6.45) is 1.80. The third kappa shape index (κ3) is 5.72. The van der Waals surface area contributed by atoms with Crippen molar-refractivity contribution in [3.63, 3.8) is 0 Å². The van der Waals surface area contributed by atoms with Crippen LogP contribution in [0.4, 0.5) is 11.4 Å². The molecule has 0 saturated heterocycles. The van der Waals surface area contributed by atoms with Gasteiger partial charge in [0.25, 0.3) is 5.91 Å². The molecule has 4 rings (SSSR count).